The SMILES string of the molecule is CC(C)CC(=O)NNC(=O)c1cccc(S(=O)(=O)NC[C@@H]2CCCO2)c1. The van der Waals surface area contributed by atoms with E-state index in [-0.39, 0.29) is 41.4 Å². The van der Waals surface area contributed by atoms with Gasteiger partial charge in [-0.05, 0) is 37.0 Å². The Hall–Kier alpha value is -1.97. The molecule has 3 N–H and O–H groups in total. The predicted octanol–water partition coefficient (Wildman–Crippen LogP) is 0.951. The standard InChI is InChI=1S/C17H25N3O5S/c1-12(2)9-16(21)19-20-17(22)13-5-3-7-15(10-13)26(23,24)18-11-14-6-4-8-25-14/h3,5,7,10,12,14,18H,4,6,8-9,11H2,1-2H3,(H,19,21)(H,20,22)/t14-/m0/s1. The minimum Gasteiger partial charge on any atom is -0.377 e. The second-order valence-electron chi connectivity index (χ2n) is 6.62. The lowest BCUT2D eigenvalue weighted by molar-refractivity contribution is -0.122. The number of carbonyl (C=O) groups excluding carboxylic acids is 2. The number of hydrogen-bond donors (Lipinski definition) is 3. The van der Waals surface area contributed by atoms with Gasteiger partial charge in [-0.3, -0.25) is 20.4 Å². The van der Waals surface area contributed by atoms with Crippen LogP contribution < -0.4 is 15.6 Å². The smallest absolute Gasteiger partial charge is 0.269 e. The summed E-state index contributed by atoms with van der Waals surface area (Å²) in [4.78, 5) is 23.7. The topological polar surface area (TPSA) is 114 Å². The molecule has 9 heteroatoms. The molecule has 1 heterocycles. The monoisotopic (exact) mass is 383 g/mol. The lowest BCUT2D eigenvalue weighted by Crippen LogP contribution is -2.42. The highest BCUT2D eigenvalue weighted by Gasteiger charge is 2.21. The lowest BCUT2D eigenvalue weighted by Gasteiger charge is -2.12. The van der Waals surface area contributed by atoms with Gasteiger partial charge in [-0.2, -0.15) is 0 Å². The van der Waals surface area contributed by atoms with Crippen molar-refractivity contribution in [2.45, 2.75) is 44.1 Å². The van der Waals surface area contributed by atoms with Crippen molar-refractivity contribution in [1.82, 2.24) is 15.6 Å². The molecule has 0 saturated carbocycles. The summed E-state index contributed by atoms with van der Waals surface area (Å²) in [6.07, 6.45) is 1.90. The summed E-state index contributed by atoms with van der Waals surface area (Å²) in [5, 5.41) is 0. The van der Waals surface area contributed by atoms with E-state index in [1.54, 1.807) is 0 Å². The molecule has 0 spiro atoms. The van der Waals surface area contributed by atoms with Crippen LogP contribution >= 0.6 is 0 Å². The van der Waals surface area contributed by atoms with E-state index in [4.69, 9.17) is 4.74 Å². The number of benzene rings is 1. The van der Waals surface area contributed by atoms with E-state index in [1.165, 1.54) is 24.3 Å². The third kappa shape index (κ3) is 6.08. The maximum Gasteiger partial charge on any atom is 0.269 e. The zero-order chi connectivity index (χ0) is 19.2. The number of nitrogens with one attached hydrogen (secondary N) is 3. The van der Waals surface area contributed by atoms with Gasteiger partial charge in [0.2, 0.25) is 15.9 Å². The molecule has 8 nitrogen and oxygen atoms in total. The Kier molecular flexibility index (Phi) is 7.13. The first kappa shape index (κ1) is 20.3. The van der Waals surface area contributed by atoms with Gasteiger partial charge < -0.3 is 4.74 Å². The van der Waals surface area contributed by atoms with E-state index in [1.807, 2.05) is 13.8 Å². The molecule has 1 atom stereocenters. The number of hydrazine groups is 1. The van der Waals surface area contributed by atoms with Gasteiger partial charge in [0.1, 0.15) is 0 Å². The molecule has 2 amide bonds. The zero-order valence-corrected chi connectivity index (χ0v) is 15.8. The molecule has 26 heavy (non-hydrogen) atoms. The van der Waals surface area contributed by atoms with Gasteiger partial charge in [0.05, 0.1) is 11.0 Å². The molecule has 0 unspecified atom stereocenters. The Morgan fingerprint density at radius 3 is 2.69 bits per heavy atom. The summed E-state index contributed by atoms with van der Waals surface area (Å²) in [5.41, 5.74) is 4.73. The fraction of sp³-hybridized carbons (Fsp3) is 0.529. The highest BCUT2D eigenvalue weighted by Crippen LogP contribution is 2.14. The molecule has 1 aliphatic rings. The summed E-state index contributed by atoms with van der Waals surface area (Å²) in [7, 11) is -3.75. The normalized spacial score (nSPS) is 17.3. The van der Waals surface area contributed by atoms with E-state index >= 15 is 0 Å². The quantitative estimate of drug-likeness (QED) is 0.607. The Bertz CT molecular complexity index is 743. The molecule has 144 valence electrons. The molecule has 0 bridgehead atoms. The number of amides is 2. The maximum atomic E-state index is 12.4. The largest absolute Gasteiger partial charge is 0.377 e. The maximum absolute atomic E-state index is 12.4. The fourth-order valence-electron chi connectivity index (χ4n) is 2.52. The third-order valence-electron chi connectivity index (χ3n) is 3.84. The van der Waals surface area contributed by atoms with Crippen molar-refractivity contribution in [3.8, 4) is 0 Å². The summed E-state index contributed by atoms with van der Waals surface area (Å²) in [5.74, 6) is -0.732. The first-order valence-corrected chi connectivity index (χ1v) is 10.1. The van der Waals surface area contributed by atoms with Crippen molar-refractivity contribution in [3.05, 3.63) is 29.8 Å². The van der Waals surface area contributed by atoms with Gasteiger partial charge in [0.25, 0.3) is 5.91 Å². The summed E-state index contributed by atoms with van der Waals surface area (Å²) >= 11 is 0. The van der Waals surface area contributed by atoms with Crippen molar-refractivity contribution in [3.63, 3.8) is 0 Å². The third-order valence-corrected chi connectivity index (χ3v) is 5.26. The second-order valence-corrected chi connectivity index (χ2v) is 8.38. The Morgan fingerprint density at radius 1 is 1.27 bits per heavy atom. The van der Waals surface area contributed by atoms with Gasteiger partial charge in [0.15, 0.2) is 0 Å². The van der Waals surface area contributed by atoms with Crippen LogP contribution in [0.3, 0.4) is 0 Å². The van der Waals surface area contributed by atoms with Crippen LogP contribution in [0.4, 0.5) is 0 Å². The predicted molar refractivity (Wildman–Crippen MR) is 95.7 cm³/mol. The number of carbonyl (C=O) groups is 2. The fourth-order valence-corrected chi connectivity index (χ4v) is 3.63. The molecule has 1 aliphatic heterocycles. The highest BCUT2D eigenvalue weighted by molar-refractivity contribution is 7.89. The molecule has 1 aromatic carbocycles. The minimum absolute atomic E-state index is 0.0170. The number of sulfonamides is 1. The Labute approximate surface area is 153 Å². The van der Waals surface area contributed by atoms with E-state index in [0.717, 1.165) is 12.8 Å². The number of ether oxygens (including phenoxy) is 1. The van der Waals surface area contributed by atoms with Crippen molar-refractivity contribution < 1.29 is 22.7 Å². The lowest BCUT2D eigenvalue weighted by atomic mass is 10.1. The molecular formula is C17H25N3O5S. The van der Waals surface area contributed by atoms with Gasteiger partial charge in [0, 0.05) is 25.1 Å². The van der Waals surface area contributed by atoms with Crippen molar-refractivity contribution in [2.24, 2.45) is 5.92 Å². The summed E-state index contributed by atoms with van der Waals surface area (Å²) in [6, 6.07) is 5.63. The molecule has 1 saturated heterocycles. The number of hydrogen-bond acceptors (Lipinski definition) is 5. The van der Waals surface area contributed by atoms with Crippen LogP contribution in [0.15, 0.2) is 29.2 Å². The van der Waals surface area contributed by atoms with Crippen LogP contribution in [-0.2, 0) is 19.6 Å². The molecule has 2 rings (SSSR count). The summed E-state index contributed by atoms with van der Waals surface area (Å²) in [6.45, 7) is 4.62. The zero-order valence-electron chi connectivity index (χ0n) is 14.9. The summed E-state index contributed by atoms with van der Waals surface area (Å²) < 4.78 is 32.7. The number of rotatable bonds is 7. The van der Waals surface area contributed by atoms with Crippen LogP contribution in [0, 0.1) is 5.92 Å². The van der Waals surface area contributed by atoms with Crippen LogP contribution in [0.1, 0.15) is 43.5 Å². The van der Waals surface area contributed by atoms with Crippen LogP contribution in [0.5, 0.6) is 0 Å². The van der Waals surface area contributed by atoms with Crippen LogP contribution in [0.25, 0.3) is 0 Å². The van der Waals surface area contributed by atoms with E-state index in [2.05, 4.69) is 15.6 Å². The molecule has 0 radical (unpaired) electrons. The van der Waals surface area contributed by atoms with E-state index < -0.39 is 15.9 Å². The van der Waals surface area contributed by atoms with E-state index in [9.17, 15) is 18.0 Å². The van der Waals surface area contributed by atoms with Crippen molar-refractivity contribution in [1.29, 1.82) is 0 Å². The van der Waals surface area contributed by atoms with Crippen molar-refractivity contribution in [2.75, 3.05) is 13.2 Å². The first-order valence-electron chi connectivity index (χ1n) is 8.58. The van der Waals surface area contributed by atoms with Gasteiger partial charge in [-0.15, -0.1) is 0 Å². The van der Waals surface area contributed by atoms with Crippen LogP contribution in [-0.4, -0.2) is 39.5 Å². The van der Waals surface area contributed by atoms with E-state index in [0.29, 0.717) is 6.61 Å². The first-order chi connectivity index (χ1) is 12.3. The van der Waals surface area contributed by atoms with Gasteiger partial charge in [-0.1, -0.05) is 19.9 Å². The molecule has 0 aliphatic carbocycles. The minimum atomic E-state index is -3.75. The average molecular weight is 383 g/mol. The Morgan fingerprint density at radius 2 is 2.04 bits per heavy atom. The van der Waals surface area contributed by atoms with Gasteiger partial charge in [-0.25, -0.2) is 13.1 Å². The van der Waals surface area contributed by atoms with Crippen LogP contribution in [0.2, 0.25) is 0 Å². The molecule has 0 aromatic heterocycles. The Balaban J connectivity index is 1.97. The second kappa shape index (κ2) is 9.11. The average Bonchev–Trinajstić information content (AvgIpc) is 3.11. The molecule has 1 fully saturated rings. The molecule has 1 aromatic rings. The van der Waals surface area contributed by atoms with Gasteiger partial charge >= 0.3 is 0 Å². The highest BCUT2D eigenvalue weighted by atomic mass is 32.2. The molecular weight excluding hydrogens is 358 g/mol. The van der Waals surface area contributed by atoms with Crippen molar-refractivity contribution >= 4 is 21.8 Å².